The molecule has 0 saturated carbocycles. The maximum absolute atomic E-state index is 6.06. The zero-order valence-electron chi connectivity index (χ0n) is 8.79. The first-order valence-electron chi connectivity index (χ1n) is 4.42. The van der Waals surface area contributed by atoms with E-state index in [9.17, 15) is 0 Å². The lowest BCUT2D eigenvalue weighted by Crippen LogP contribution is -2.64. The Hall–Kier alpha value is 0.0969. The predicted molar refractivity (Wildman–Crippen MR) is 55.1 cm³/mol. The standard InChI is InChI=1S/C8H22N2OSi/c1-6(2)8(10)12(5,11-4)7(3)9/h6-8H,9-10H2,1-5H3. The molecule has 0 heterocycles. The highest BCUT2D eigenvalue weighted by molar-refractivity contribution is 6.75. The Morgan fingerprint density at radius 2 is 1.58 bits per heavy atom. The van der Waals surface area contributed by atoms with E-state index in [4.69, 9.17) is 15.9 Å². The van der Waals surface area contributed by atoms with Crippen molar-refractivity contribution in [1.29, 1.82) is 0 Å². The fraction of sp³-hybridized carbons (Fsp3) is 1.00. The molecule has 0 aromatic heterocycles. The van der Waals surface area contributed by atoms with Crippen molar-refractivity contribution < 1.29 is 4.43 Å². The summed E-state index contributed by atoms with van der Waals surface area (Å²) in [6, 6.07) is 0. The molecule has 0 rings (SSSR count). The average molecular weight is 190 g/mol. The van der Waals surface area contributed by atoms with E-state index in [1.165, 1.54) is 0 Å². The first kappa shape index (κ1) is 12.1. The van der Waals surface area contributed by atoms with Crippen molar-refractivity contribution in [2.24, 2.45) is 17.4 Å². The molecule has 0 aromatic rings. The van der Waals surface area contributed by atoms with E-state index in [-0.39, 0.29) is 11.3 Å². The largest absolute Gasteiger partial charge is 0.417 e. The highest BCUT2D eigenvalue weighted by atomic mass is 28.4. The number of nitrogens with two attached hydrogens (primary N) is 2. The molecule has 0 fully saturated rings. The van der Waals surface area contributed by atoms with E-state index in [1.807, 2.05) is 6.92 Å². The molecular weight excluding hydrogens is 168 g/mol. The SMILES string of the molecule is CO[Si](C)(C(C)N)C(N)C(C)C. The molecule has 0 amide bonds. The normalized spacial score (nSPS) is 22.0. The van der Waals surface area contributed by atoms with Crippen LogP contribution in [0, 0.1) is 5.92 Å². The van der Waals surface area contributed by atoms with Gasteiger partial charge in [-0.15, -0.1) is 0 Å². The summed E-state index contributed by atoms with van der Waals surface area (Å²) in [7, 11) is -0.192. The Bertz CT molecular complexity index is 141. The van der Waals surface area contributed by atoms with Gasteiger partial charge >= 0.3 is 0 Å². The van der Waals surface area contributed by atoms with Gasteiger partial charge in [0.1, 0.15) is 0 Å². The molecule has 0 spiro atoms. The lowest BCUT2D eigenvalue weighted by molar-refractivity contribution is 0.358. The summed E-state index contributed by atoms with van der Waals surface area (Å²) in [5.74, 6) is 0.438. The lowest BCUT2D eigenvalue weighted by Gasteiger charge is -2.36. The van der Waals surface area contributed by atoms with Gasteiger partial charge in [0.2, 0.25) is 8.32 Å². The van der Waals surface area contributed by atoms with Gasteiger partial charge < -0.3 is 15.9 Å². The van der Waals surface area contributed by atoms with E-state index < -0.39 is 8.32 Å². The van der Waals surface area contributed by atoms with Crippen LogP contribution in [-0.4, -0.2) is 26.8 Å². The average Bonchev–Trinajstić information content (AvgIpc) is 2.01. The van der Waals surface area contributed by atoms with Gasteiger partial charge in [0.25, 0.3) is 0 Å². The number of hydrogen-bond acceptors (Lipinski definition) is 3. The molecule has 3 atom stereocenters. The molecule has 0 bridgehead atoms. The third-order valence-corrected chi connectivity index (χ3v) is 7.40. The minimum Gasteiger partial charge on any atom is -0.417 e. The predicted octanol–water partition coefficient (Wildman–Crippen LogP) is 0.617. The molecule has 74 valence electrons. The van der Waals surface area contributed by atoms with E-state index in [0.717, 1.165) is 0 Å². The third kappa shape index (κ3) is 2.29. The molecule has 3 unspecified atom stereocenters. The molecular formula is C8H22N2OSi. The molecule has 4 heteroatoms. The second kappa shape index (κ2) is 4.37. The lowest BCUT2D eigenvalue weighted by atomic mass is 10.2. The van der Waals surface area contributed by atoms with E-state index in [2.05, 4.69) is 20.4 Å². The van der Waals surface area contributed by atoms with Crippen LogP contribution in [0.5, 0.6) is 0 Å². The molecule has 12 heavy (non-hydrogen) atoms. The first-order chi connectivity index (χ1) is 5.36. The Morgan fingerprint density at radius 3 is 1.67 bits per heavy atom. The molecule has 0 aliphatic carbocycles. The Morgan fingerprint density at radius 1 is 1.17 bits per heavy atom. The van der Waals surface area contributed by atoms with Gasteiger partial charge in [-0.1, -0.05) is 20.8 Å². The fourth-order valence-electron chi connectivity index (χ4n) is 1.29. The monoisotopic (exact) mass is 190 g/mol. The minimum absolute atomic E-state index is 0.0832. The van der Waals surface area contributed by atoms with Crippen LogP contribution in [0.15, 0.2) is 0 Å². The summed E-state index contributed by atoms with van der Waals surface area (Å²) >= 11 is 0. The van der Waals surface area contributed by atoms with Crippen LogP contribution in [0.3, 0.4) is 0 Å². The highest BCUT2D eigenvalue weighted by Crippen LogP contribution is 2.17. The molecule has 0 aliphatic rings. The molecule has 4 N–H and O–H groups in total. The Balaban J connectivity index is 4.51. The molecule has 0 aliphatic heterocycles. The Labute approximate surface area is 76.6 Å². The molecule has 0 radical (unpaired) electrons. The molecule has 3 nitrogen and oxygen atoms in total. The number of rotatable bonds is 4. The van der Waals surface area contributed by atoms with Crippen LogP contribution in [0.2, 0.25) is 6.55 Å². The number of hydrogen-bond donors (Lipinski definition) is 2. The summed E-state index contributed by atoms with van der Waals surface area (Å²) in [4.78, 5) is 0. The second-order valence-electron chi connectivity index (χ2n) is 3.95. The minimum atomic E-state index is -1.91. The Kier molecular flexibility index (Phi) is 4.40. The van der Waals surface area contributed by atoms with E-state index >= 15 is 0 Å². The van der Waals surface area contributed by atoms with Crippen molar-refractivity contribution in [2.75, 3.05) is 7.11 Å². The quantitative estimate of drug-likeness (QED) is 0.639. The van der Waals surface area contributed by atoms with Gasteiger partial charge in [-0.05, 0) is 12.5 Å². The van der Waals surface area contributed by atoms with Gasteiger partial charge in [-0.25, -0.2) is 0 Å². The topological polar surface area (TPSA) is 61.3 Å². The maximum atomic E-state index is 6.06. The van der Waals surface area contributed by atoms with Crippen molar-refractivity contribution in [1.82, 2.24) is 0 Å². The van der Waals surface area contributed by atoms with Crippen molar-refractivity contribution >= 4 is 8.32 Å². The van der Waals surface area contributed by atoms with Crippen LogP contribution in [0.4, 0.5) is 0 Å². The molecule has 0 aromatic carbocycles. The summed E-state index contributed by atoms with van der Waals surface area (Å²) in [5, 5.41) is 0. The van der Waals surface area contributed by atoms with Gasteiger partial charge in [0.05, 0.1) is 0 Å². The fourth-order valence-corrected chi connectivity index (χ4v) is 3.86. The maximum Gasteiger partial charge on any atom is 0.221 e. The second-order valence-corrected chi connectivity index (χ2v) is 8.30. The van der Waals surface area contributed by atoms with Gasteiger partial charge in [0.15, 0.2) is 0 Å². The van der Waals surface area contributed by atoms with Crippen LogP contribution in [-0.2, 0) is 4.43 Å². The van der Waals surface area contributed by atoms with Crippen LogP contribution < -0.4 is 11.5 Å². The van der Waals surface area contributed by atoms with Crippen LogP contribution >= 0.6 is 0 Å². The highest BCUT2D eigenvalue weighted by Gasteiger charge is 2.40. The van der Waals surface area contributed by atoms with Crippen LogP contribution in [0.1, 0.15) is 20.8 Å². The van der Waals surface area contributed by atoms with Gasteiger partial charge in [-0.2, -0.15) is 0 Å². The van der Waals surface area contributed by atoms with Gasteiger partial charge in [-0.3, -0.25) is 0 Å². The smallest absolute Gasteiger partial charge is 0.221 e. The zero-order valence-corrected chi connectivity index (χ0v) is 9.79. The van der Waals surface area contributed by atoms with Crippen molar-refractivity contribution in [2.45, 2.75) is 38.6 Å². The van der Waals surface area contributed by atoms with Crippen LogP contribution in [0.25, 0.3) is 0 Å². The van der Waals surface area contributed by atoms with Crippen molar-refractivity contribution in [3.63, 3.8) is 0 Å². The zero-order chi connectivity index (χ0) is 9.94. The van der Waals surface area contributed by atoms with E-state index in [0.29, 0.717) is 5.92 Å². The molecule has 0 saturated heterocycles. The summed E-state index contributed by atoms with van der Waals surface area (Å²) < 4.78 is 5.51. The summed E-state index contributed by atoms with van der Waals surface area (Å²) in [5.41, 5.74) is 12.1. The summed E-state index contributed by atoms with van der Waals surface area (Å²) in [6.45, 7) is 8.30. The van der Waals surface area contributed by atoms with Crippen molar-refractivity contribution in [3.8, 4) is 0 Å². The summed E-state index contributed by atoms with van der Waals surface area (Å²) in [6.07, 6.45) is 0. The van der Waals surface area contributed by atoms with E-state index in [1.54, 1.807) is 7.11 Å². The first-order valence-corrected chi connectivity index (χ1v) is 6.98. The third-order valence-electron chi connectivity index (χ3n) is 2.72. The van der Waals surface area contributed by atoms with Gasteiger partial charge in [0, 0.05) is 18.4 Å². The van der Waals surface area contributed by atoms with Crippen molar-refractivity contribution in [3.05, 3.63) is 0 Å².